The minimum Gasteiger partial charge on any atom is -0.619 e. The molecule has 0 bridgehead atoms. The molecule has 1 aromatic carbocycles. The molecule has 0 fully saturated rings. The fraction of sp³-hybridized carbons (Fsp3) is 0.348. The summed E-state index contributed by atoms with van der Waals surface area (Å²) in [6.07, 6.45) is 3.22. The molecule has 36 heavy (non-hydrogen) atoms. The predicted octanol–water partition coefficient (Wildman–Crippen LogP) is 0.655. The minimum atomic E-state index is -2.74. The Hall–Kier alpha value is -4.23. The minimum absolute atomic E-state index is 0.248. The second-order valence-electron chi connectivity index (χ2n) is 8.12. The number of carbonyl (C=O) groups is 3. The SMILES string of the molecule is CN(C)CCc1cc2c(cc1C=Nc1ccc[n+]([O-])c1)OCO2.O=C(O)CC(O)(CC(=O)O)C(=O)O. The smallest absolute Gasteiger partial charge is 0.336 e. The summed E-state index contributed by atoms with van der Waals surface area (Å²) < 4.78 is 11.6. The Bertz CT molecular complexity index is 1120. The third-order valence-corrected chi connectivity index (χ3v) is 4.86. The first-order valence-corrected chi connectivity index (χ1v) is 10.6. The molecule has 0 atom stereocenters. The number of likely N-dealkylation sites (N-methyl/N-ethyl adjacent to an activating group) is 1. The quantitative estimate of drug-likeness (QED) is 0.201. The summed E-state index contributed by atoms with van der Waals surface area (Å²) in [7, 11) is 4.08. The Balaban J connectivity index is 0.000000302. The van der Waals surface area contributed by atoms with Crippen LogP contribution in [0.2, 0.25) is 0 Å². The number of aliphatic carboxylic acids is 3. The molecule has 1 aliphatic heterocycles. The number of fused-ring (bicyclic) bond motifs is 1. The van der Waals surface area contributed by atoms with Gasteiger partial charge in [0.05, 0.1) is 12.8 Å². The Labute approximate surface area is 206 Å². The monoisotopic (exact) mass is 505 g/mol. The average Bonchev–Trinajstić information content (AvgIpc) is 3.22. The van der Waals surface area contributed by atoms with Gasteiger partial charge in [0.2, 0.25) is 13.0 Å². The molecule has 0 saturated heterocycles. The second-order valence-corrected chi connectivity index (χ2v) is 8.12. The molecule has 0 amide bonds. The lowest BCUT2D eigenvalue weighted by Gasteiger charge is -2.18. The Morgan fingerprint density at radius 3 is 2.28 bits per heavy atom. The lowest BCUT2D eigenvalue weighted by molar-refractivity contribution is -0.604. The van der Waals surface area contributed by atoms with E-state index >= 15 is 0 Å². The van der Waals surface area contributed by atoms with E-state index < -0.39 is 36.4 Å². The summed E-state index contributed by atoms with van der Waals surface area (Å²) in [6.45, 7) is 1.17. The van der Waals surface area contributed by atoms with Crippen LogP contribution < -0.4 is 14.2 Å². The van der Waals surface area contributed by atoms with Gasteiger partial charge in [-0.2, -0.15) is 4.73 Å². The first-order chi connectivity index (χ1) is 16.9. The highest BCUT2D eigenvalue weighted by atomic mass is 16.7. The van der Waals surface area contributed by atoms with Crippen LogP contribution in [0.4, 0.5) is 5.69 Å². The number of carboxylic acids is 3. The van der Waals surface area contributed by atoms with Crippen LogP contribution in [0.15, 0.2) is 41.7 Å². The van der Waals surface area contributed by atoms with Gasteiger partial charge in [0.15, 0.2) is 23.3 Å². The van der Waals surface area contributed by atoms with Crippen molar-refractivity contribution in [3.63, 3.8) is 0 Å². The number of nitrogens with zero attached hydrogens (tertiary/aromatic N) is 3. The van der Waals surface area contributed by atoms with Crippen LogP contribution in [0.25, 0.3) is 0 Å². The summed E-state index contributed by atoms with van der Waals surface area (Å²) in [5.41, 5.74) is -0.0220. The fourth-order valence-electron chi connectivity index (χ4n) is 3.06. The third kappa shape index (κ3) is 8.52. The van der Waals surface area contributed by atoms with Gasteiger partial charge in [-0.15, -0.1) is 0 Å². The number of hydrogen-bond acceptors (Lipinski definition) is 9. The molecule has 0 radical (unpaired) electrons. The van der Waals surface area contributed by atoms with Crippen molar-refractivity contribution in [3.8, 4) is 11.5 Å². The molecule has 0 spiro atoms. The van der Waals surface area contributed by atoms with Crippen LogP contribution in [-0.4, -0.2) is 82.5 Å². The fourth-order valence-corrected chi connectivity index (χ4v) is 3.06. The van der Waals surface area contributed by atoms with Crippen LogP contribution in [0.5, 0.6) is 11.5 Å². The maximum Gasteiger partial charge on any atom is 0.336 e. The van der Waals surface area contributed by atoms with E-state index in [1.807, 2.05) is 26.2 Å². The lowest BCUT2D eigenvalue weighted by Crippen LogP contribution is -2.42. The number of aliphatic hydroxyl groups is 1. The van der Waals surface area contributed by atoms with E-state index in [1.54, 1.807) is 18.3 Å². The molecule has 0 unspecified atom stereocenters. The molecule has 194 valence electrons. The number of rotatable bonds is 10. The molecule has 4 N–H and O–H groups in total. The highest BCUT2D eigenvalue weighted by Gasteiger charge is 2.40. The number of pyridine rings is 1. The first-order valence-electron chi connectivity index (χ1n) is 10.6. The molecule has 1 aromatic heterocycles. The Morgan fingerprint density at radius 2 is 1.75 bits per heavy atom. The standard InChI is InChI=1S/C17H19N3O3.C6H8O7/c1-19(2)7-5-13-8-16-17(23-12-22-16)9-14(13)10-18-15-4-3-6-20(21)11-15;7-3(8)1-6(13,5(11)12)2-4(9)10/h3-4,6,8-11H,5,7,12H2,1-2H3;13H,1-2H2,(H,7,8)(H,9,10)(H,11,12). The van der Waals surface area contributed by atoms with E-state index in [9.17, 15) is 19.6 Å². The summed E-state index contributed by atoms with van der Waals surface area (Å²) in [5, 5.41) is 45.1. The number of ether oxygens (including phenoxy) is 2. The van der Waals surface area contributed by atoms with Crippen LogP contribution in [0.1, 0.15) is 24.0 Å². The number of carboxylic acid groups (broad SMARTS) is 3. The van der Waals surface area contributed by atoms with Gasteiger partial charge in [-0.05, 0) is 49.8 Å². The topological polar surface area (TPSA) is 193 Å². The number of hydrogen-bond donors (Lipinski definition) is 4. The molecule has 0 aliphatic carbocycles. The molecule has 0 saturated carbocycles. The summed E-state index contributed by atoms with van der Waals surface area (Å²) >= 11 is 0. The number of benzene rings is 1. The third-order valence-electron chi connectivity index (χ3n) is 4.86. The van der Waals surface area contributed by atoms with Crippen molar-refractivity contribution in [1.29, 1.82) is 0 Å². The predicted molar refractivity (Wildman–Crippen MR) is 125 cm³/mol. The summed E-state index contributed by atoms with van der Waals surface area (Å²) in [6, 6.07) is 7.40. The zero-order valence-electron chi connectivity index (χ0n) is 19.7. The van der Waals surface area contributed by atoms with Crippen molar-refractivity contribution in [1.82, 2.24) is 4.90 Å². The van der Waals surface area contributed by atoms with E-state index in [2.05, 4.69) is 9.89 Å². The molecular formula is C23H27N3O10. The zero-order chi connectivity index (χ0) is 26.9. The molecule has 13 nitrogen and oxygen atoms in total. The highest BCUT2D eigenvalue weighted by molar-refractivity contribution is 5.88. The van der Waals surface area contributed by atoms with Crippen molar-refractivity contribution in [2.45, 2.75) is 24.9 Å². The van der Waals surface area contributed by atoms with Crippen LogP contribution in [-0.2, 0) is 20.8 Å². The van der Waals surface area contributed by atoms with Crippen molar-refractivity contribution in [3.05, 3.63) is 53.0 Å². The maximum absolute atomic E-state index is 11.3. The molecule has 3 rings (SSSR count). The van der Waals surface area contributed by atoms with Gasteiger partial charge in [-0.1, -0.05) is 0 Å². The largest absolute Gasteiger partial charge is 0.619 e. The number of aliphatic imine (C=N–C) groups is 1. The van der Waals surface area contributed by atoms with Crippen molar-refractivity contribution in [2.24, 2.45) is 4.99 Å². The Morgan fingerprint density at radius 1 is 1.14 bits per heavy atom. The maximum atomic E-state index is 11.3. The normalized spacial score (nSPS) is 12.3. The molecular weight excluding hydrogens is 478 g/mol. The van der Waals surface area contributed by atoms with Crippen LogP contribution >= 0.6 is 0 Å². The van der Waals surface area contributed by atoms with Gasteiger partial charge in [0, 0.05) is 18.8 Å². The summed E-state index contributed by atoms with van der Waals surface area (Å²) in [4.78, 5) is 37.0. The number of aromatic nitrogens is 1. The second kappa shape index (κ2) is 12.5. The van der Waals surface area contributed by atoms with Gasteiger partial charge < -0.3 is 40.0 Å². The van der Waals surface area contributed by atoms with Crippen LogP contribution in [0.3, 0.4) is 0 Å². The molecule has 2 aromatic rings. The lowest BCUT2D eigenvalue weighted by atomic mass is 9.96. The van der Waals surface area contributed by atoms with Gasteiger partial charge in [-0.25, -0.2) is 9.79 Å². The molecule has 1 aliphatic rings. The van der Waals surface area contributed by atoms with Crippen molar-refractivity contribution < 1.29 is 49.0 Å². The zero-order valence-corrected chi connectivity index (χ0v) is 19.7. The van der Waals surface area contributed by atoms with E-state index in [0.717, 1.165) is 40.3 Å². The van der Waals surface area contributed by atoms with Gasteiger partial charge in [-0.3, -0.25) is 9.59 Å². The highest BCUT2D eigenvalue weighted by Crippen LogP contribution is 2.34. The Kier molecular flexibility index (Phi) is 9.70. The average molecular weight is 505 g/mol. The van der Waals surface area contributed by atoms with E-state index in [1.165, 1.54) is 12.4 Å². The van der Waals surface area contributed by atoms with E-state index in [-0.39, 0.29) is 6.79 Å². The van der Waals surface area contributed by atoms with E-state index in [0.29, 0.717) is 5.69 Å². The van der Waals surface area contributed by atoms with Crippen molar-refractivity contribution >= 4 is 29.8 Å². The van der Waals surface area contributed by atoms with Crippen LogP contribution in [0, 0.1) is 5.21 Å². The van der Waals surface area contributed by atoms with Gasteiger partial charge in [0.1, 0.15) is 5.69 Å². The van der Waals surface area contributed by atoms with Crippen molar-refractivity contribution in [2.75, 3.05) is 27.4 Å². The molecule has 2 heterocycles. The van der Waals surface area contributed by atoms with Gasteiger partial charge in [0.25, 0.3) is 0 Å². The van der Waals surface area contributed by atoms with Gasteiger partial charge >= 0.3 is 17.9 Å². The first kappa shape index (κ1) is 28.0. The molecule has 13 heteroatoms. The van der Waals surface area contributed by atoms with E-state index in [4.69, 9.17) is 29.9 Å². The summed E-state index contributed by atoms with van der Waals surface area (Å²) in [5.74, 6) is -3.52.